The molecule has 0 spiro atoms. The summed E-state index contributed by atoms with van der Waals surface area (Å²) in [5.74, 6) is -0.0432. The Bertz CT molecular complexity index is 660. The van der Waals surface area contributed by atoms with Crippen molar-refractivity contribution in [2.24, 2.45) is 11.8 Å². The Balaban J connectivity index is 1.34. The normalized spacial score (nSPS) is 26.0. The van der Waals surface area contributed by atoms with Crippen molar-refractivity contribution in [2.75, 3.05) is 44.9 Å². The molecule has 2 aliphatic heterocycles. The largest absolute Gasteiger partial charge is 0.378 e. The molecule has 2 heterocycles. The fourth-order valence-corrected chi connectivity index (χ4v) is 4.61. The van der Waals surface area contributed by atoms with E-state index in [1.165, 1.54) is 16.2 Å². The molecule has 0 bridgehead atoms. The monoisotopic (exact) mass is 371 g/mol. The lowest BCUT2D eigenvalue weighted by Crippen LogP contribution is -2.40. The maximum atomic E-state index is 12.6. The number of hydrogen-bond donors (Lipinski definition) is 0. The number of nitrogens with zero attached hydrogens (tertiary/aromatic N) is 3. The van der Waals surface area contributed by atoms with Crippen LogP contribution in [0.5, 0.6) is 0 Å². The summed E-state index contributed by atoms with van der Waals surface area (Å²) in [6.07, 6.45) is 3.88. The van der Waals surface area contributed by atoms with Crippen molar-refractivity contribution >= 4 is 17.5 Å². The first-order valence-electron chi connectivity index (χ1n) is 10.1. The first-order valence-corrected chi connectivity index (χ1v) is 10.1. The maximum Gasteiger partial charge on any atom is 0.234 e. The van der Waals surface area contributed by atoms with Crippen LogP contribution in [-0.2, 0) is 20.9 Å². The molecule has 6 heteroatoms. The van der Waals surface area contributed by atoms with Crippen molar-refractivity contribution in [2.45, 2.75) is 32.2 Å². The van der Waals surface area contributed by atoms with Gasteiger partial charge < -0.3 is 9.64 Å². The summed E-state index contributed by atoms with van der Waals surface area (Å²) in [4.78, 5) is 31.1. The molecule has 0 radical (unpaired) electrons. The van der Waals surface area contributed by atoms with Gasteiger partial charge in [-0.3, -0.25) is 19.4 Å². The van der Waals surface area contributed by atoms with Gasteiger partial charge in [0.15, 0.2) is 0 Å². The number of carbonyl (C=O) groups excluding carboxylic acids is 2. The zero-order valence-electron chi connectivity index (χ0n) is 16.1. The Hall–Kier alpha value is -1.92. The van der Waals surface area contributed by atoms with E-state index >= 15 is 0 Å². The van der Waals surface area contributed by atoms with E-state index in [1.54, 1.807) is 0 Å². The van der Waals surface area contributed by atoms with Crippen molar-refractivity contribution < 1.29 is 14.3 Å². The number of fused-ring (bicyclic) bond motifs is 1. The van der Waals surface area contributed by atoms with Crippen LogP contribution in [0.15, 0.2) is 24.3 Å². The third-order valence-electron chi connectivity index (χ3n) is 6.08. The van der Waals surface area contributed by atoms with E-state index in [1.807, 2.05) is 7.05 Å². The third-order valence-corrected chi connectivity index (χ3v) is 6.08. The fourth-order valence-electron chi connectivity index (χ4n) is 4.61. The van der Waals surface area contributed by atoms with Gasteiger partial charge in [0.1, 0.15) is 0 Å². The summed E-state index contributed by atoms with van der Waals surface area (Å²) in [6.45, 7) is 4.53. The first kappa shape index (κ1) is 18.4. The summed E-state index contributed by atoms with van der Waals surface area (Å²) in [5.41, 5.74) is 2.41. The number of rotatable bonds is 5. The summed E-state index contributed by atoms with van der Waals surface area (Å²) in [6, 6.07) is 8.56. The fraction of sp³-hybridized carbons (Fsp3) is 0.619. The molecule has 1 saturated carbocycles. The molecule has 4 rings (SSSR count). The van der Waals surface area contributed by atoms with Gasteiger partial charge in [-0.25, -0.2) is 0 Å². The van der Waals surface area contributed by atoms with Crippen LogP contribution >= 0.6 is 0 Å². The number of anilines is 1. The molecule has 0 unspecified atom stereocenters. The van der Waals surface area contributed by atoms with Gasteiger partial charge in [0, 0.05) is 25.3 Å². The summed E-state index contributed by atoms with van der Waals surface area (Å²) in [5, 5.41) is 0. The zero-order valence-corrected chi connectivity index (χ0v) is 16.1. The molecule has 0 aromatic heterocycles. The molecule has 3 fully saturated rings. The highest BCUT2D eigenvalue weighted by Gasteiger charge is 2.48. The Morgan fingerprint density at radius 3 is 2.19 bits per heavy atom. The molecular weight excluding hydrogens is 342 g/mol. The minimum Gasteiger partial charge on any atom is -0.378 e. The second-order valence-electron chi connectivity index (χ2n) is 8.02. The molecule has 6 nitrogen and oxygen atoms in total. The predicted molar refractivity (Wildman–Crippen MR) is 103 cm³/mol. The molecule has 1 aromatic rings. The lowest BCUT2D eigenvalue weighted by molar-refractivity contribution is -0.142. The molecule has 1 aliphatic carbocycles. The van der Waals surface area contributed by atoms with Crippen molar-refractivity contribution in [3.63, 3.8) is 0 Å². The number of amides is 2. The number of morpholine rings is 1. The molecule has 27 heavy (non-hydrogen) atoms. The molecule has 146 valence electrons. The van der Waals surface area contributed by atoms with Crippen LogP contribution in [0, 0.1) is 11.8 Å². The number of benzene rings is 1. The number of imide groups is 1. The Labute approximate surface area is 161 Å². The molecule has 3 aliphatic rings. The molecule has 2 amide bonds. The lowest BCUT2D eigenvalue weighted by atomic mass is 9.81. The molecule has 1 aromatic carbocycles. The average molecular weight is 371 g/mol. The van der Waals surface area contributed by atoms with Crippen LogP contribution in [0.3, 0.4) is 0 Å². The van der Waals surface area contributed by atoms with E-state index in [9.17, 15) is 9.59 Å². The number of hydrogen-bond acceptors (Lipinski definition) is 5. The van der Waals surface area contributed by atoms with E-state index in [2.05, 4.69) is 34.1 Å². The van der Waals surface area contributed by atoms with Crippen LogP contribution in [0.2, 0.25) is 0 Å². The predicted octanol–water partition coefficient (Wildman–Crippen LogP) is 2.09. The van der Waals surface area contributed by atoms with Gasteiger partial charge in [-0.2, -0.15) is 0 Å². The van der Waals surface area contributed by atoms with E-state index in [0.29, 0.717) is 6.67 Å². The van der Waals surface area contributed by atoms with Gasteiger partial charge in [0.05, 0.1) is 31.7 Å². The Morgan fingerprint density at radius 2 is 1.59 bits per heavy atom. The van der Waals surface area contributed by atoms with E-state index in [-0.39, 0.29) is 23.7 Å². The smallest absolute Gasteiger partial charge is 0.234 e. The van der Waals surface area contributed by atoms with Crippen molar-refractivity contribution in [3.8, 4) is 0 Å². The van der Waals surface area contributed by atoms with Gasteiger partial charge in [0.25, 0.3) is 0 Å². The van der Waals surface area contributed by atoms with Crippen LogP contribution in [0.4, 0.5) is 5.69 Å². The van der Waals surface area contributed by atoms with Crippen LogP contribution < -0.4 is 4.90 Å². The maximum absolute atomic E-state index is 12.6. The second kappa shape index (κ2) is 7.98. The number of likely N-dealkylation sites (tertiary alicyclic amines) is 1. The van der Waals surface area contributed by atoms with Gasteiger partial charge in [-0.1, -0.05) is 25.0 Å². The average Bonchev–Trinajstić information content (AvgIpc) is 2.94. The van der Waals surface area contributed by atoms with Gasteiger partial charge in [-0.05, 0) is 37.6 Å². The SMILES string of the molecule is CN(Cc1ccc(N2CCOCC2)cc1)CN1C(=O)[C@H]2CCCC[C@H]2C1=O. The highest BCUT2D eigenvalue weighted by molar-refractivity contribution is 6.05. The summed E-state index contributed by atoms with van der Waals surface area (Å²) >= 11 is 0. The van der Waals surface area contributed by atoms with E-state index in [4.69, 9.17) is 4.74 Å². The first-order chi connectivity index (χ1) is 13.1. The highest BCUT2D eigenvalue weighted by Crippen LogP contribution is 2.38. The van der Waals surface area contributed by atoms with E-state index in [0.717, 1.165) is 58.5 Å². The summed E-state index contributed by atoms with van der Waals surface area (Å²) in [7, 11) is 1.97. The molecule has 2 atom stereocenters. The lowest BCUT2D eigenvalue weighted by Gasteiger charge is -2.29. The zero-order chi connectivity index (χ0) is 18.8. The van der Waals surface area contributed by atoms with Gasteiger partial charge in [-0.15, -0.1) is 0 Å². The number of ether oxygens (including phenoxy) is 1. The van der Waals surface area contributed by atoms with Crippen molar-refractivity contribution in [1.82, 2.24) is 9.80 Å². The van der Waals surface area contributed by atoms with Crippen LogP contribution in [-0.4, -0.2) is 61.6 Å². The third kappa shape index (κ3) is 3.87. The minimum absolute atomic E-state index is 0.0409. The second-order valence-corrected chi connectivity index (χ2v) is 8.02. The van der Waals surface area contributed by atoms with Crippen LogP contribution in [0.25, 0.3) is 0 Å². The standard InChI is InChI=1S/C21H29N3O3/c1-22(15-24-20(25)18-4-2-3-5-19(18)21(24)26)14-16-6-8-17(9-7-16)23-10-12-27-13-11-23/h6-9,18-19H,2-5,10-15H2,1H3/t18-,19+. The quantitative estimate of drug-likeness (QED) is 0.742. The minimum atomic E-state index is -0.0625. The van der Waals surface area contributed by atoms with Gasteiger partial charge >= 0.3 is 0 Å². The van der Waals surface area contributed by atoms with Crippen LogP contribution in [0.1, 0.15) is 31.2 Å². The Kier molecular flexibility index (Phi) is 5.45. The highest BCUT2D eigenvalue weighted by atomic mass is 16.5. The van der Waals surface area contributed by atoms with Crippen molar-refractivity contribution in [1.29, 1.82) is 0 Å². The van der Waals surface area contributed by atoms with Crippen molar-refractivity contribution in [3.05, 3.63) is 29.8 Å². The molecule has 0 N–H and O–H groups in total. The number of carbonyl (C=O) groups is 2. The topological polar surface area (TPSA) is 53.1 Å². The molecular formula is C21H29N3O3. The molecule has 2 saturated heterocycles. The van der Waals surface area contributed by atoms with E-state index < -0.39 is 0 Å². The summed E-state index contributed by atoms with van der Waals surface area (Å²) < 4.78 is 5.41. The van der Waals surface area contributed by atoms with Gasteiger partial charge in [0.2, 0.25) is 11.8 Å². The Morgan fingerprint density at radius 1 is 1.00 bits per heavy atom.